The van der Waals surface area contributed by atoms with E-state index in [1.165, 1.54) is 18.4 Å². The molecule has 0 aliphatic carbocycles. The van der Waals surface area contributed by atoms with Crippen molar-refractivity contribution in [2.45, 2.75) is 19.3 Å². The van der Waals surface area contributed by atoms with Crippen LogP contribution in [0.5, 0.6) is 0 Å². The molecule has 5 heteroatoms. The van der Waals surface area contributed by atoms with Crippen molar-refractivity contribution in [2.24, 2.45) is 5.92 Å². The lowest BCUT2D eigenvalue weighted by Crippen LogP contribution is -2.28. The molecule has 0 saturated carbocycles. The quantitative estimate of drug-likeness (QED) is 0.798. The summed E-state index contributed by atoms with van der Waals surface area (Å²) in [5, 5.41) is 3.38. The molecule has 1 heterocycles. The van der Waals surface area contributed by atoms with Gasteiger partial charge in [-0.05, 0) is 56.0 Å². The zero-order valence-corrected chi connectivity index (χ0v) is 12.2. The predicted molar refractivity (Wildman–Crippen MR) is 79.3 cm³/mol. The van der Waals surface area contributed by atoms with Gasteiger partial charge in [-0.15, -0.1) is 0 Å². The van der Waals surface area contributed by atoms with E-state index in [2.05, 4.69) is 17.4 Å². The third kappa shape index (κ3) is 4.51. The van der Waals surface area contributed by atoms with Gasteiger partial charge in [0.05, 0.1) is 0 Å². The molecule has 106 valence electrons. The van der Waals surface area contributed by atoms with E-state index in [0.717, 1.165) is 31.1 Å². The number of hydrogen-bond acceptors (Lipinski definition) is 4. The molecule has 1 N–H and O–H groups in total. The maximum Gasteiger partial charge on any atom is 0.158 e. The fourth-order valence-corrected chi connectivity index (χ4v) is 3.07. The second kappa shape index (κ2) is 6.91. The normalized spacial score (nSPS) is 16.7. The van der Waals surface area contributed by atoms with Crippen LogP contribution in [0.15, 0.2) is 24.3 Å². The van der Waals surface area contributed by atoms with E-state index in [-0.39, 0.29) is 5.88 Å². The van der Waals surface area contributed by atoms with Gasteiger partial charge < -0.3 is 10.2 Å². The fourth-order valence-electron chi connectivity index (χ4n) is 2.56. The van der Waals surface area contributed by atoms with Crippen molar-refractivity contribution in [3.8, 4) is 0 Å². The Kier molecular flexibility index (Phi) is 5.22. The van der Waals surface area contributed by atoms with Gasteiger partial charge in [0, 0.05) is 12.7 Å². The molecule has 1 aliphatic heterocycles. The predicted octanol–water partition coefficient (Wildman–Crippen LogP) is 1.23. The molecule has 1 fully saturated rings. The van der Waals surface area contributed by atoms with Gasteiger partial charge in [0.25, 0.3) is 0 Å². The highest BCUT2D eigenvalue weighted by Gasteiger charge is 2.13. The Morgan fingerprint density at radius 3 is 2.42 bits per heavy atom. The second-order valence-corrected chi connectivity index (χ2v) is 6.18. The minimum atomic E-state index is -2.37. The van der Waals surface area contributed by atoms with E-state index >= 15 is 0 Å². The molecule has 0 amide bonds. The molecule has 4 nitrogen and oxygen atoms in total. The lowest BCUT2D eigenvalue weighted by molar-refractivity contribution is 0.372. The number of rotatable bonds is 5. The third-order valence-corrected chi connectivity index (χ3v) is 4.34. The molecular formula is C14H22N2O2S. The smallest absolute Gasteiger partial charge is 0.158 e. The number of nitrogens with one attached hydrogen (secondary N) is 1. The third-order valence-electron chi connectivity index (χ3n) is 3.69. The van der Waals surface area contributed by atoms with Crippen molar-refractivity contribution >= 4 is 16.4 Å². The number of benzene rings is 1. The zero-order valence-electron chi connectivity index (χ0n) is 11.3. The highest BCUT2D eigenvalue weighted by molar-refractivity contribution is 7.72. The molecule has 0 unspecified atom stereocenters. The second-order valence-electron chi connectivity index (χ2n) is 5.24. The molecule has 0 bridgehead atoms. The number of nitrogens with zero attached hydrogens (tertiary/aromatic N) is 1. The van der Waals surface area contributed by atoms with Crippen LogP contribution in [0, 0.1) is 5.92 Å². The van der Waals surface area contributed by atoms with Gasteiger partial charge in [0.15, 0.2) is 10.7 Å². The van der Waals surface area contributed by atoms with E-state index in [1.54, 1.807) is 11.9 Å². The Morgan fingerprint density at radius 2 is 1.84 bits per heavy atom. The van der Waals surface area contributed by atoms with Gasteiger partial charge in [-0.1, -0.05) is 12.1 Å². The van der Waals surface area contributed by atoms with Crippen LogP contribution in [0.4, 0.5) is 5.69 Å². The van der Waals surface area contributed by atoms with Crippen LogP contribution in [-0.2, 0) is 17.1 Å². The van der Waals surface area contributed by atoms with E-state index in [1.807, 2.05) is 12.1 Å². The first-order valence-electron chi connectivity index (χ1n) is 6.78. The van der Waals surface area contributed by atoms with Gasteiger partial charge >= 0.3 is 0 Å². The van der Waals surface area contributed by atoms with Crippen LogP contribution in [0.25, 0.3) is 0 Å². The van der Waals surface area contributed by atoms with E-state index in [0.29, 0.717) is 0 Å². The summed E-state index contributed by atoms with van der Waals surface area (Å²) >= 11 is 0. The van der Waals surface area contributed by atoms with Crippen LogP contribution in [-0.4, -0.2) is 34.4 Å². The summed E-state index contributed by atoms with van der Waals surface area (Å²) in [7, 11) is -0.568. The molecule has 0 spiro atoms. The molecular weight excluding hydrogens is 260 g/mol. The topological polar surface area (TPSA) is 49.4 Å². The number of anilines is 1. The largest absolute Gasteiger partial charge is 0.361 e. The number of hydrogen-bond donors (Lipinski definition) is 2. The van der Waals surface area contributed by atoms with Crippen molar-refractivity contribution in [3.05, 3.63) is 29.8 Å². The first kappa shape index (κ1) is 14.3. The number of thiol groups is 1. The summed E-state index contributed by atoms with van der Waals surface area (Å²) in [5.41, 5.74) is 2.30. The fraction of sp³-hybridized carbons (Fsp3) is 0.571. The Bertz CT molecular complexity index is 457. The van der Waals surface area contributed by atoms with Crippen molar-refractivity contribution in [1.29, 1.82) is 0 Å². The molecule has 0 radical (unpaired) electrons. The summed E-state index contributed by atoms with van der Waals surface area (Å²) in [6, 6.07) is 8.25. The van der Waals surface area contributed by atoms with Crippen LogP contribution in [0.3, 0.4) is 0 Å². The lowest BCUT2D eigenvalue weighted by atomic mass is 9.91. The lowest BCUT2D eigenvalue weighted by Gasteiger charge is -2.23. The molecule has 1 aromatic carbocycles. The van der Waals surface area contributed by atoms with Gasteiger partial charge in [-0.3, -0.25) is 0 Å². The van der Waals surface area contributed by atoms with Gasteiger partial charge in [-0.25, -0.2) is 8.42 Å². The van der Waals surface area contributed by atoms with E-state index in [9.17, 15) is 8.42 Å². The number of piperidine rings is 1. The Hall–Kier alpha value is -1.07. The Labute approximate surface area is 116 Å². The van der Waals surface area contributed by atoms with Gasteiger partial charge in [0.1, 0.15) is 5.88 Å². The minimum Gasteiger partial charge on any atom is -0.361 e. The van der Waals surface area contributed by atoms with Crippen molar-refractivity contribution < 1.29 is 8.42 Å². The highest BCUT2D eigenvalue weighted by Crippen LogP contribution is 2.20. The van der Waals surface area contributed by atoms with Crippen LogP contribution >= 0.6 is 0 Å². The molecule has 0 aromatic heterocycles. The average molecular weight is 282 g/mol. The van der Waals surface area contributed by atoms with Crippen molar-refractivity contribution in [1.82, 2.24) is 5.32 Å². The van der Waals surface area contributed by atoms with Crippen LogP contribution in [0.2, 0.25) is 0 Å². The van der Waals surface area contributed by atoms with E-state index in [4.69, 9.17) is 0 Å². The summed E-state index contributed by atoms with van der Waals surface area (Å²) in [4.78, 5) is 1.75. The van der Waals surface area contributed by atoms with Crippen molar-refractivity contribution in [3.63, 3.8) is 0 Å². The molecule has 19 heavy (non-hydrogen) atoms. The average Bonchev–Trinajstić information content (AvgIpc) is 2.40. The van der Waals surface area contributed by atoms with Gasteiger partial charge in [0.2, 0.25) is 0 Å². The molecule has 1 saturated heterocycles. The first-order chi connectivity index (χ1) is 9.15. The summed E-state index contributed by atoms with van der Waals surface area (Å²) in [5.74, 6) is 0.851. The van der Waals surface area contributed by atoms with Gasteiger partial charge in [-0.2, -0.15) is 0 Å². The minimum absolute atomic E-state index is 0.0724. The Balaban J connectivity index is 1.93. The maximum atomic E-state index is 10.7. The Morgan fingerprint density at radius 1 is 1.21 bits per heavy atom. The summed E-state index contributed by atoms with van der Waals surface area (Å²) < 4.78 is 21.4. The summed E-state index contributed by atoms with van der Waals surface area (Å²) in [6.07, 6.45) is 3.62. The molecule has 1 aromatic rings. The van der Waals surface area contributed by atoms with Crippen molar-refractivity contribution in [2.75, 3.05) is 30.9 Å². The van der Waals surface area contributed by atoms with Crippen LogP contribution < -0.4 is 10.2 Å². The molecule has 2 rings (SSSR count). The van der Waals surface area contributed by atoms with Crippen LogP contribution in [0.1, 0.15) is 18.4 Å². The molecule has 0 atom stereocenters. The molecule has 1 aliphatic rings. The standard InChI is InChI=1S/C14H22N2O2S/c1-16(11-19(17)18)14-4-2-12(3-5-14)10-13-6-8-15-9-7-13/h2-5,13,15,19H,6-11H2,1H3. The highest BCUT2D eigenvalue weighted by atomic mass is 32.2. The first-order valence-corrected chi connectivity index (χ1v) is 8.14. The SMILES string of the molecule is CN(C[SH](=O)=O)c1ccc(CC2CCNCC2)cc1. The maximum absolute atomic E-state index is 10.7. The zero-order chi connectivity index (χ0) is 13.7. The monoisotopic (exact) mass is 282 g/mol. The summed E-state index contributed by atoms with van der Waals surface area (Å²) in [6.45, 7) is 2.25. The van der Waals surface area contributed by atoms with E-state index < -0.39 is 10.7 Å².